The Morgan fingerprint density at radius 3 is 2.43 bits per heavy atom. The highest BCUT2D eigenvalue weighted by molar-refractivity contribution is 5.89. The molecule has 1 saturated heterocycles. The molecule has 0 spiro atoms. The minimum Gasteiger partial charge on any atom is -0.461 e. The highest BCUT2D eigenvalue weighted by Crippen LogP contribution is 2.28. The van der Waals surface area contributed by atoms with Crippen molar-refractivity contribution >= 4 is 11.9 Å². The lowest BCUT2D eigenvalue weighted by molar-refractivity contribution is -0.170. The third kappa shape index (κ3) is 5.90. The van der Waals surface area contributed by atoms with Gasteiger partial charge in [-0.05, 0) is 24.6 Å². The van der Waals surface area contributed by atoms with Gasteiger partial charge in [-0.1, -0.05) is 48.5 Å². The zero-order valence-corrected chi connectivity index (χ0v) is 15.8. The fourth-order valence-electron chi connectivity index (χ4n) is 2.87. The molecule has 1 aliphatic heterocycles. The average molecular weight is 384 g/mol. The number of esters is 2. The van der Waals surface area contributed by atoms with Gasteiger partial charge in [0, 0.05) is 6.42 Å². The number of ether oxygens (including phenoxy) is 4. The molecule has 148 valence electrons. The zero-order chi connectivity index (χ0) is 19.8. The summed E-state index contributed by atoms with van der Waals surface area (Å²) in [6.45, 7) is 2.42. The molecule has 0 saturated carbocycles. The Hall–Kier alpha value is -2.70. The molecule has 0 bridgehead atoms. The summed E-state index contributed by atoms with van der Waals surface area (Å²) in [7, 11) is 0. The van der Waals surface area contributed by atoms with Gasteiger partial charge in [0.15, 0.2) is 5.79 Å². The van der Waals surface area contributed by atoms with Crippen LogP contribution >= 0.6 is 0 Å². The quantitative estimate of drug-likeness (QED) is 0.649. The molecule has 2 aromatic carbocycles. The summed E-state index contributed by atoms with van der Waals surface area (Å²) < 4.78 is 22.1. The Morgan fingerprint density at radius 2 is 1.71 bits per heavy atom. The predicted molar refractivity (Wildman–Crippen MR) is 101 cm³/mol. The van der Waals surface area contributed by atoms with Crippen molar-refractivity contribution in [2.75, 3.05) is 13.2 Å². The summed E-state index contributed by atoms with van der Waals surface area (Å²) in [4.78, 5) is 24.0. The van der Waals surface area contributed by atoms with Gasteiger partial charge >= 0.3 is 11.9 Å². The van der Waals surface area contributed by atoms with Crippen LogP contribution in [0.3, 0.4) is 0 Å². The molecule has 2 unspecified atom stereocenters. The van der Waals surface area contributed by atoms with Crippen molar-refractivity contribution < 1.29 is 28.5 Å². The fourth-order valence-corrected chi connectivity index (χ4v) is 2.87. The van der Waals surface area contributed by atoms with E-state index in [2.05, 4.69) is 0 Å². The number of benzene rings is 2. The van der Waals surface area contributed by atoms with Gasteiger partial charge in [-0.25, -0.2) is 4.79 Å². The Balaban J connectivity index is 1.37. The molecule has 1 fully saturated rings. The molecule has 6 nitrogen and oxygen atoms in total. The summed E-state index contributed by atoms with van der Waals surface area (Å²) in [5, 5.41) is 0. The molecule has 0 radical (unpaired) electrons. The van der Waals surface area contributed by atoms with E-state index >= 15 is 0 Å². The van der Waals surface area contributed by atoms with Gasteiger partial charge in [0.25, 0.3) is 0 Å². The molecule has 28 heavy (non-hydrogen) atoms. The molecule has 1 aliphatic rings. The number of hydrogen-bond donors (Lipinski definition) is 0. The van der Waals surface area contributed by atoms with Crippen molar-refractivity contribution in [1.82, 2.24) is 0 Å². The molecule has 0 N–H and O–H groups in total. The highest BCUT2D eigenvalue weighted by Gasteiger charge is 2.38. The van der Waals surface area contributed by atoms with Crippen molar-refractivity contribution in [1.29, 1.82) is 0 Å². The van der Waals surface area contributed by atoms with Crippen molar-refractivity contribution in [3.8, 4) is 0 Å². The van der Waals surface area contributed by atoms with Crippen LogP contribution in [-0.4, -0.2) is 37.0 Å². The van der Waals surface area contributed by atoms with Crippen molar-refractivity contribution in [3.05, 3.63) is 71.8 Å². The SMILES string of the molecule is CC1(CCC(=O)OCc2ccccc2)OCC(COC(=O)c2ccccc2)O1. The molecule has 0 amide bonds. The summed E-state index contributed by atoms with van der Waals surface area (Å²) in [5.74, 6) is -1.60. The molecule has 0 aliphatic carbocycles. The van der Waals surface area contributed by atoms with E-state index in [0.29, 0.717) is 18.6 Å². The van der Waals surface area contributed by atoms with Gasteiger partial charge in [0.2, 0.25) is 0 Å². The van der Waals surface area contributed by atoms with Crippen LogP contribution in [0.5, 0.6) is 0 Å². The van der Waals surface area contributed by atoms with E-state index in [9.17, 15) is 9.59 Å². The van der Waals surface area contributed by atoms with Crippen molar-refractivity contribution in [3.63, 3.8) is 0 Å². The lowest BCUT2D eigenvalue weighted by Crippen LogP contribution is -2.29. The molecule has 2 aromatic rings. The van der Waals surface area contributed by atoms with Gasteiger partial charge in [-0.2, -0.15) is 0 Å². The molecule has 2 atom stereocenters. The number of hydrogen-bond acceptors (Lipinski definition) is 6. The first kappa shape index (κ1) is 20.0. The van der Waals surface area contributed by atoms with E-state index in [1.165, 1.54) is 0 Å². The van der Waals surface area contributed by atoms with E-state index in [-0.39, 0.29) is 31.7 Å². The second kappa shape index (κ2) is 9.48. The van der Waals surface area contributed by atoms with Crippen LogP contribution in [0.4, 0.5) is 0 Å². The molecule has 0 aromatic heterocycles. The third-order valence-electron chi connectivity index (χ3n) is 4.43. The van der Waals surface area contributed by atoms with E-state index in [0.717, 1.165) is 5.56 Å². The number of carbonyl (C=O) groups is 2. The summed E-state index contributed by atoms with van der Waals surface area (Å²) in [5.41, 5.74) is 1.43. The highest BCUT2D eigenvalue weighted by atomic mass is 16.7. The number of rotatable bonds is 8. The monoisotopic (exact) mass is 384 g/mol. The van der Waals surface area contributed by atoms with Gasteiger partial charge in [0.05, 0.1) is 18.6 Å². The topological polar surface area (TPSA) is 71.1 Å². The summed E-state index contributed by atoms with van der Waals surface area (Å²) >= 11 is 0. The van der Waals surface area contributed by atoms with Crippen LogP contribution in [0.25, 0.3) is 0 Å². The Kier molecular flexibility index (Phi) is 6.79. The van der Waals surface area contributed by atoms with E-state index in [1.54, 1.807) is 31.2 Å². The van der Waals surface area contributed by atoms with Crippen LogP contribution in [0.2, 0.25) is 0 Å². The van der Waals surface area contributed by atoms with Crippen LogP contribution in [-0.2, 0) is 30.3 Å². The number of carbonyl (C=O) groups excluding carboxylic acids is 2. The zero-order valence-electron chi connectivity index (χ0n) is 15.8. The van der Waals surface area contributed by atoms with E-state index in [1.807, 2.05) is 36.4 Å². The summed E-state index contributed by atoms with van der Waals surface area (Å²) in [6, 6.07) is 18.3. The maximum atomic E-state index is 12.0. The second-order valence-corrected chi connectivity index (χ2v) is 6.80. The van der Waals surface area contributed by atoms with Crippen molar-refractivity contribution in [2.24, 2.45) is 0 Å². The first-order valence-electron chi connectivity index (χ1n) is 9.27. The maximum absolute atomic E-state index is 12.0. The molecule has 3 rings (SSSR count). The van der Waals surface area contributed by atoms with Crippen LogP contribution in [0.15, 0.2) is 60.7 Å². The standard InChI is InChI=1S/C22H24O6/c1-22(13-12-20(23)25-14-17-8-4-2-5-9-17)27-16-19(28-22)15-26-21(24)18-10-6-3-7-11-18/h2-11,19H,12-16H2,1H3. The normalized spacial score (nSPS) is 21.2. The predicted octanol–water partition coefficient (Wildman–Crippen LogP) is 3.50. The Morgan fingerprint density at radius 1 is 1.04 bits per heavy atom. The first-order chi connectivity index (χ1) is 13.5. The lowest BCUT2D eigenvalue weighted by atomic mass is 10.1. The second-order valence-electron chi connectivity index (χ2n) is 6.80. The first-order valence-corrected chi connectivity index (χ1v) is 9.27. The van der Waals surface area contributed by atoms with Gasteiger partial charge in [-0.15, -0.1) is 0 Å². The fraction of sp³-hybridized carbons (Fsp3) is 0.364. The smallest absolute Gasteiger partial charge is 0.338 e. The van der Waals surface area contributed by atoms with Gasteiger partial charge in [-0.3, -0.25) is 4.79 Å². The molecule has 1 heterocycles. The third-order valence-corrected chi connectivity index (χ3v) is 4.43. The van der Waals surface area contributed by atoms with Gasteiger partial charge in [0.1, 0.15) is 19.3 Å². The lowest BCUT2D eigenvalue weighted by Gasteiger charge is -2.22. The minimum absolute atomic E-state index is 0.0990. The van der Waals surface area contributed by atoms with Crippen LogP contribution in [0.1, 0.15) is 35.7 Å². The average Bonchev–Trinajstić information content (AvgIpc) is 3.12. The van der Waals surface area contributed by atoms with Crippen LogP contribution < -0.4 is 0 Å². The van der Waals surface area contributed by atoms with Crippen LogP contribution in [0, 0.1) is 0 Å². The van der Waals surface area contributed by atoms with Crippen molar-refractivity contribution in [2.45, 2.75) is 38.3 Å². The maximum Gasteiger partial charge on any atom is 0.338 e. The van der Waals surface area contributed by atoms with E-state index in [4.69, 9.17) is 18.9 Å². The Labute approximate surface area is 164 Å². The largest absolute Gasteiger partial charge is 0.461 e. The molecular formula is C22H24O6. The van der Waals surface area contributed by atoms with Gasteiger partial charge < -0.3 is 18.9 Å². The molecular weight excluding hydrogens is 360 g/mol. The molecule has 6 heteroatoms. The minimum atomic E-state index is -0.893. The Bertz CT molecular complexity index is 776. The summed E-state index contributed by atoms with van der Waals surface area (Å²) in [6.07, 6.45) is 0.182. The van der Waals surface area contributed by atoms with E-state index < -0.39 is 11.8 Å².